The lowest BCUT2D eigenvalue weighted by Crippen LogP contribution is -2.41. The number of carbonyl (C=O) groups is 1. The Labute approximate surface area is 138 Å². The van der Waals surface area contributed by atoms with Gasteiger partial charge in [0.1, 0.15) is 16.7 Å². The Balaban J connectivity index is 1.54. The van der Waals surface area contributed by atoms with Gasteiger partial charge in [-0.3, -0.25) is 4.79 Å². The van der Waals surface area contributed by atoms with Gasteiger partial charge in [0.05, 0.1) is 11.2 Å². The molecule has 0 saturated carbocycles. The van der Waals surface area contributed by atoms with E-state index in [1.165, 1.54) is 11.3 Å². The molecule has 0 spiro atoms. The summed E-state index contributed by atoms with van der Waals surface area (Å²) in [4.78, 5) is 19.1. The van der Waals surface area contributed by atoms with Crippen LogP contribution in [0.4, 0.5) is 0 Å². The van der Waals surface area contributed by atoms with E-state index in [1.807, 2.05) is 36.1 Å². The fraction of sp³-hybridized carbons (Fsp3) is 0.375. The Morgan fingerprint density at radius 2 is 2.00 bits per heavy atom. The van der Waals surface area contributed by atoms with Crippen LogP contribution < -0.4 is 4.74 Å². The third kappa shape index (κ3) is 3.59. The van der Waals surface area contributed by atoms with Gasteiger partial charge in [0.15, 0.2) is 0 Å². The van der Waals surface area contributed by atoms with Gasteiger partial charge >= 0.3 is 0 Å². The maximum Gasteiger partial charge on any atom is 0.265 e. The summed E-state index contributed by atoms with van der Waals surface area (Å²) < 4.78 is 5.94. The highest BCUT2D eigenvalue weighted by atomic mass is 35.5. The molecule has 0 aliphatic carbocycles. The lowest BCUT2D eigenvalue weighted by molar-refractivity contribution is 0.0600. The van der Waals surface area contributed by atoms with Crippen molar-refractivity contribution in [3.8, 4) is 5.75 Å². The average molecular weight is 337 g/mol. The third-order valence-corrected chi connectivity index (χ3v) is 4.83. The molecule has 3 rings (SSSR count). The minimum atomic E-state index is 0.0792. The number of hydrogen-bond donors (Lipinski definition) is 0. The van der Waals surface area contributed by atoms with E-state index in [1.54, 1.807) is 6.20 Å². The number of rotatable bonds is 3. The Kier molecular flexibility index (Phi) is 4.64. The molecular weight excluding hydrogens is 320 g/mol. The van der Waals surface area contributed by atoms with Crippen molar-refractivity contribution < 1.29 is 9.53 Å². The number of aryl methyl sites for hydroxylation is 1. The van der Waals surface area contributed by atoms with E-state index in [-0.39, 0.29) is 12.0 Å². The van der Waals surface area contributed by atoms with Gasteiger partial charge in [-0.2, -0.15) is 0 Å². The van der Waals surface area contributed by atoms with Crippen LogP contribution in [0, 0.1) is 6.92 Å². The van der Waals surface area contributed by atoms with Crippen LogP contribution in [0.2, 0.25) is 5.02 Å². The molecule has 2 aromatic rings. The molecule has 1 aliphatic rings. The monoisotopic (exact) mass is 336 g/mol. The van der Waals surface area contributed by atoms with Crippen LogP contribution in [0.3, 0.4) is 0 Å². The number of aromatic nitrogens is 1. The molecule has 116 valence electrons. The molecule has 6 heteroatoms. The number of amides is 1. The molecule has 0 radical (unpaired) electrons. The van der Waals surface area contributed by atoms with E-state index in [4.69, 9.17) is 16.3 Å². The second-order valence-electron chi connectivity index (χ2n) is 5.31. The Morgan fingerprint density at radius 1 is 1.32 bits per heavy atom. The van der Waals surface area contributed by atoms with Gasteiger partial charge in [-0.15, -0.1) is 11.3 Å². The first-order valence-electron chi connectivity index (χ1n) is 7.26. The summed E-state index contributed by atoms with van der Waals surface area (Å²) in [6.07, 6.45) is 3.49. The second kappa shape index (κ2) is 6.67. The van der Waals surface area contributed by atoms with Crippen LogP contribution in [0.1, 0.15) is 27.5 Å². The standard InChI is InChI=1S/C16H17ClN2O2S/c1-11-18-10-15(22-11)16(20)19-8-6-14(7-9-19)21-13-4-2-12(17)3-5-13/h2-5,10,14H,6-9H2,1H3. The zero-order valence-corrected chi connectivity index (χ0v) is 13.9. The number of halogens is 1. The Bertz CT molecular complexity index is 648. The van der Waals surface area contributed by atoms with Crippen LogP contribution in [0.25, 0.3) is 0 Å². The number of ether oxygens (including phenoxy) is 1. The summed E-state index contributed by atoms with van der Waals surface area (Å²) in [6.45, 7) is 3.34. The Morgan fingerprint density at radius 3 is 2.59 bits per heavy atom. The van der Waals surface area contributed by atoms with Crippen LogP contribution in [-0.4, -0.2) is 35.0 Å². The molecule has 4 nitrogen and oxygen atoms in total. The zero-order valence-electron chi connectivity index (χ0n) is 12.3. The number of thiazole rings is 1. The van der Waals surface area contributed by atoms with Gasteiger partial charge in [0, 0.05) is 31.0 Å². The van der Waals surface area contributed by atoms with Crippen LogP contribution >= 0.6 is 22.9 Å². The van der Waals surface area contributed by atoms with Crippen LogP contribution in [-0.2, 0) is 0 Å². The van der Waals surface area contributed by atoms with E-state index in [9.17, 15) is 4.79 Å². The molecule has 0 unspecified atom stereocenters. The highest BCUT2D eigenvalue weighted by molar-refractivity contribution is 7.13. The molecule has 0 bridgehead atoms. The van der Waals surface area contributed by atoms with E-state index in [0.717, 1.165) is 28.5 Å². The smallest absolute Gasteiger partial charge is 0.265 e. The van der Waals surface area contributed by atoms with Gasteiger partial charge in [0.2, 0.25) is 0 Å². The summed E-state index contributed by atoms with van der Waals surface area (Å²) in [5.74, 6) is 0.905. The number of benzene rings is 1. The fourth-order valence-corrected chi connectivity index (χ4v) is 3.37. The first-order valence-corrected chi connectivity index (χ1v) is 8.45. The summed E-state index contributed by atoms with van der Waals surface area (Å²) in [7, 11) is 0. The van der Waals surface area contributed by atoms with Crippen molar-refractivity contribution >= 4 is 28.8 Å². The topological polar surface area (TPSA) is 42.4 Å². The molecule has 1 saturated heterocycles. The van der Waals surface area contributed by atoms with Crippen molar-refractivity contribution in [3.63, 3.8) is 0 Å². The molecule has 2 heterocycles. The average Bonchev–Trinajstić information content (AvgIpc) is 2.96. The van der Waals surface area contributed by atoms with Gasteiger partial charge in [0.25, 0.3) is 5.91 Å². The van der Waals surface area contributed by atoms with E-state index in [0.29, 0.717) is 18.1 Å². The molecule has 1 fully saturated rings. The van der Waals surface area contributed by atoms with Crippen molar-refractivity contribution in [2.45, 2.75) is 25.9 Å². The largest absolute Gasteiger partial charge is 0.490 e. The number of hydrogen-bond acceptors (Lipinski definition) is 4. The lowest BCUT2D eigenvalue weighted by Gasteiger charge is -2.31. The van der Waals surface area contributed by atoms with Crippen molar-refractivity contribution in [3.05, 3.63) is 45.4 Å². The van der Waals surface area contributed by atoms with Crippen LogP contribution in [0.15, 0.2) is 30.5 Å². The second-order valence-corrected chi connectivity index (χ2v) is 6.98. The maximum absolute atomic E-state index is 12.4. The molecule has 22 heavy (non-hydrogen) atoms. The van der Waals surface area contributed by atoms with Gasteiger partial charge in [-0.05, 0) is 31.2 Å². The molecule has 1 amide bonds. The molecule has 0 atom stereocenters. The SMILES string of the molecule is Cc1ncc(C(=O)N2CCC(Oc3ccc(Cl)cc3)CC2)s1. The minimum absolute atomic E-state index is 0.0792. The molecule has 1 aliphatic heterocycles. The van der Waals surface area contributed by atoms with Gasteiger partial charge in [-0.25, -0.2) is 4.98 Å². The molecule has 1 aromatic carbocycles. The third-order valence-electron chi connectivity index (χ3n) is 3.68. The van der Waals surface area contributed by atoms with E-state index < -0.39 is 0 Å². The van der Waals surface area contributed by atoms with Crippen molar-refractivity contribution in [1.82, 2.24) is 9.88 Å². The minimum Gasteiger partial charge on any atom is -0.490 e. The predicted octanol–water partition coefficient (Wildman–Crippen LogP) is 3.79. The molecule has 1 aromatic heterocycles. The predicted molar refractivity (Wildman–Crippen MR) is 87.9 cm³/mol. The van der Waals surface area contributed by atoms with Crippen molar-refractivity contribution in [1.29, 1.82) is 0 Å². The summed E-state index contributed by atoms with van der Waals surface area (Å²) in [6, 6.07) is 7.39. The van der Waals surface area contributed by atoms with Gasteiger partial charge in [-0.1, -0.05) is 11.6 Å². The van der Waals surface area contributed by atoms with Crippen molar-refractivity contribution in [2.75, 3.05) is 13.1 Å². The first-order chi connectivity index (χ1) is 10.6. The Hall–Kier alpha value is -1.59. The van der Waals surface area contributed by atoms with Crippen molar-refractivity contribution in [2.24, 2.45) is 0 Å². The first kappa shape index (κ1) is 15.3. The summed E-state index contributed by atoms with van der Waals surface area (Å²) in [5.41, 5.74) is 0. The number of piperidine rings is 1. The van der Waals surface area contributed by atoms with Gasteiger partial charge < -0.3 is 9.64 Å². The quantitative estimate of drug-likeness (QED) is 0.856. The molecular formula is C16H17ClN2O2S. The number of likely N-dealkylation sites (tertiary alicyclic amines) is 1. The fourth-order valence-electron chi connectivity index (χ4n) is 2.50. The summed E-state index contributed by atoms with van der Waals surface area (Å²) >= 11 is 7.31. The molecule has 0 N–H and O–H groups in total. The van der Waals surface area contributed by atoms with E-state index in [2.05, 4.69) is 4.98 Å². The van der Waals surface area contributed by atoms with Crippen LogP contribution in [0.5, 0.6) is 5.75 Å². The zero-order chi connectivity index (χ0) is 15.5. The summed E-state index contributed by atoms with van der Waals surface area (Å²) in [5, 5.41) is 1.62. The van der Waals surface area contributed by atoms with E-state index >= 15 is 0 Å². The lowest BCUT2D eigenvalue weighted by atomic mass is 10.1. The number of carbonyl (C=O) groups excluding carboxylic acids is 1. The highest BCUT2D eigenvalue weighted by Crippen LogP contribution is 2.22. The normalized spacial score (nSPS) is 15.8. The number of nitrogens with zero attached hydrogens (tertiary/aromatic N) is 2. The maximum atomic E-state index is 12.4. The highest BCUT2D eigenvalue weighted by Gasteiger charge is 2.25.